The Morgan fingerprint density at radius 1 is 1.24 bits per heavy atom. The molecule has 0 bridgehead atoms. The molecule has 3 rings (SSSR count). The van der Waals surface area contributed by atoms with Crippen molar-refractivity contribution in [3.05, 3.63) is 64.7 Å². The van der Waals surface area contributed by atoms with E-state index in [1.165, 1.54) is 6.21 Å². The molecular formula is C19H18ClN3O2. The third-order valence-electron chi connectivity index (χ3n) is 4.13. The fraction of sp³-hybridized carbons (Fsp3) is 0.211. The van der Waals surface area contributed by atoms with Crippen molar-refractivity contribution >= 4 is 35.3 Å². The van der Waals surface area contributed by atoms with Crippen molar-refractivity contribution in [1.29, 1.82) is 0 Å². The van der Waals surface area contributed by atoms with E-state index in [4.69, 9.17) is 11.6 Å². The Balaban J connectivity index is 1.61. The highest BCUT2D eigenvalue weighted by Gasteiger charge is 2.35. The lowest BCUT2D eigenvalue weighted by atomic mass is 10.1. The second kappa shape index (κ2) is 7.49. The van der Waals surface area contributed by atoms with Gasteiger partial charge in [-0.15, -0.1) is 0 Å². The number of aryl methyl sites for hydroxylation is 1. The van der Waals surface area contributed by atoms with Crippen LogP contribution < -0.4 is 10.3 Å². The number of benzene rings is 2. The number of anilines is 1. The van der Waals surface area contributed by atoms with Crippen molar-refractivity contribution in [3.63, 3.8) is 0 Å². The van der Waals surface area contributed by atoms with Crippen LogP contribution in [0.15, 0.2) is 53.6 Å². The minimum Gasteiger partial charge on any atom is -0.312 e. The summed E-state index contributed by atoms with van der Waals surface area (Å²) in [4.78, 5) is 26.1. The Hall–Kier alpha value is -2.66. The number of rotatable bonds is 4. The minimum absolute atomic E-state index is 0.0564. The highest BCUT2D eigenvalue weighted by molar-refractivity contribution is 6.33. The van der Waals surface area contributed by atoms with Crippen molar-refractivity contribution in [2.24, 2.45) is 11.0 Å². The van der Waals surface area contributed by atoms with Crippen molar-refractivity contribution in [2.45, 2.75) is 13.3 Å². The summed E-state index contributed by atoms with van der Waals surface area (Å²) in [7, 11) is 0. The number of hydrogen-bond donors (Lipinski definition) is 1. The summed E-state index contributed by atoms with van der Waals surface area (Å²) in [6.45, 7) is 2.35. The monoisotopic (exact) mass is 355 g/mol. The molecule has 1 atom stereocenters. The molecule has 0 aromatic heterocycles. The molecule has 0 unspecified atom stereocenters. The zero-order valence-corrected chi connectivity index (χ0v) is 14.5. The lowest BCUT2D eigenvalue weighted by molar-refractivity contribution is -0.126. The maximum absolute atomic E-state index is 12.3. The van der Waals surface area contributed by atoms with Gasteiger partial charge in [-0.1, -0.05) is 47.5 Å². The van der Waals surface area contributed by atoms with Crippen LogP contribution in [0.1, 0.15) is 17.5 Å². The first kappa shape index (κ1) is 17.2. The van der Waals surface area contributed by atoms with Gasteiger partial charge in [0.2, 0.25) is 11.8 Å². The Bertz CT molecular complexity index is 818. The molecular weight excluding hydrogens is 338 g/mol. The standard InChI is InChI=1S/C19H18ClN3O2/c1-13-6-8-16(9-7-13)23-12-15(10-18(23)24)19(25)22-21-11-14-4-2-3-5-17(14)20/h2-9,11,15H,10,12H2,1H3,(H,22,25)/b21-11+/t15-/m1/s1. The summed E-state index contributed by atoms with van der Waals surface area (Å²) in [6, 6.07) is 14.9. The molecule has 0 radical (unpaired) electrons. The average molecular weight is 356 g/mol. The summed E-state index contributed by atoms with van der Waals surface area (Å²) in [6.07, 6.45) is 1.68. The lowest BCUT2D eigenvalue weighted by Gasteiger charge is -2.16. The van der Waals surface area contributed by atoms with E-state index in [1.54, 1.807) is 17.0 Å². The Labute approximate surface area is 151 Å². The second-order valence-electron chi connectivity index (χ2n) is 6.00. The number of halogens is 1. The molecule has 2 amide bonds. The van der Waals surface area contributed by atoms with Crippen LogP contribution >= 0.6 is 11.6 Å². The van der Waals surface area contributed by atoms with Crippen molar-refractivity contribution < 1.29 is 9.59 Å². The fourth-order valence-corrected chi connectivity index (χ4v) is 2.88. The van der Waals surface area contributed by atoms with Crippen LogP contribution in [0.2, 0.25) is 5.02 Å². The van der Waals surface area contributed by atoms with Gasteiger partial charge in [-0.25, -0.2) is 5.43 Å². The van der Waals surface area contributed by atoms with E-state index < -0.39 is 5.92 Å². The quantitative estimate of drug-likeness (QED) is 0.676. The highest BCUT2D eigenvalue weighted by atomic mass is 35.5. The Morgan fingerprint density at radius 3 is 2.68 bits per heavy atom. The largest absolute Gasteiger partial charge is 0.312 e. The normalized spacial score (nSPS) is 17.3. The molecule has 2 aromatic carbocycles. The predicted molar refractivity (Wildman–Crippen MR) is 98.8 cm³/mol. The molecule has 0 aliphatic carbocycles. The van der Waals surface area contributed by atoms with Gasteiger partial charge in [0.25, 0.3) is 0 Å². The van der Waals surface area contributed by atoms with E-state index in [9.17, 15) is 9.59 Å². The van der Waals surface area contributed by atoms with E-state index in [0.29, 0.717) is 17.1 Å². The van der Waals surface area contributed by atoms with Crippen LogP contribution in [0.4, 0.5) is 5.69 Å². The summed E-state index contributed by atoms with van der Waals surface area (Å²) < 4.78 is 0. The molecule has 1 saturated heterocycles. The summed E-state index contributed by atoms with van der Waals surface area (Å²) in [5.41, 5.74) is 5.15. The molecule has 1 heterocycles. The third kappa shape index (κ3) is 4.06. The predicted octanol–water partition coefficient (Wildman–Crippen LogP) is 3.15. The van der Waals surface area contributed by atoms with E-state index in [-0.39, 0.29) is 18.2 Å². The molecule has 1 N–H and O–H groups in total. The van der Waals surface area contributed by atoms with Crippen LogP contribution in [-0.4, -0.2) is 24.6 Å². The molecule has 1 aliphatic rings. The number of nitrogens with one attached hydrogen (secondary N) is 1. The lowest BCUT2D eigenvalue weighted by Crippen LogP contribution is -2.30. The third-order valence-corrected chi connectivity index (χ3v) is 4.47. The van der Waals surface area contributed by atoms with Gasteiger partial charge in [0.05, 0.1) is 12.1 Å². The molecule has 1 fully saturated rings. The average Bonchev–Trinajstić information content (AvgIpc) is 2.99. The molecule has 1 aliphatic heterocycles. The smallest absolute Gasteiger partial charge is 0.245 e. The number of hydrogen-bond acceptors (Lipinski definition) is 3. The Morgan fingerprint density at radius 2 is 1.96 bits per heavy atom. The fourth-order valence-electron chi connectivity index (χ4n) is 2.69. The van der Waals surface area contributed by atoms with Gasteiger partial charge in [0.15, 0.2) is 0 Å². The molecule has 0 spiro atoms. The summed E-state index contributed by atoms with van der Waals surface area (Å²) in [5.74, 6) is -0.748. The van der Waals surface area contributed by atoms with Crippen LogP contribution in [-0.2, 0) is 9.59 Å². The van der Waals surface area contributed by atoms with Gasteiger partial charge < -0.3 is 4.90 Å². The summed E-state index contributed by atoms with van der Waals surface area (Å²) in [5, 5.41) is 4.50. The zero-order chi connectivity index (χ0) is 17.8. The van der Waals surface area contributed by atoms with Crippen molar-refractivity contribution in [3.8, 4) is 0 Å². The van der Waals surface area contributed by atoms with Crippen LogP contribution in [0.5, 0.6) is 0 Å². The number of nitrogens with zero attached hydrogens (tertiary/aromatic N) is 2. The highest BCUT2D eigenvalue weighted by Crippen LogP contribution is 2.25. The van der Waals surface area contributed by atoms with E-state index in [0.717, 1.165) is 11.3 Å². The first-order valence-electron chi connectivity index (χ1n) is 7.99. The van der Waals surface area contributed by atoms with E-state index in [2.05, 4.69) is 10.5 Å². The van der Waals surface area contributed by atoms with Gasteiger partial charge in [0, 0.05) is 29.2 Å². The van der Waals surface area contributed by atoms with Crippen LogP contribution in [0.25, 0.3) is 0 Å². The van der Waals surface area contributed by atoms with Gasteiger partial charge in [-0.3, -0.25) is 9.59 Å². The molecule has 6 heteroatoms. The van der Waals surface area contributed by atoms with E-state index >= 15 is 0 Å². The first-order valence-corrected chi connectivity index (χ1v) is 8.37. The molecule has 25 heavy (non-hydrogen) atoms. The molecule has 0 saturated carbocycles. The number of carbonyl (C=O) groups excluding carboxylic acids is 2. The topological polar surface area (TPSA) is 61.8 Å². The van der Waals surface area contributed by atoms with Crippen LogP contribution in [0.3, 0.4) is 0 Å². The molecule has 128 valence electrons. The molecule has 5 nitrogen and oxygen atoms in total. The molecule has 2 aromatic rings. The van der Waals surface area contributed by atoms with Crippen LogP contribution in [0, 0.1) is 12.8 Å². The van der Waals surface area contributed by atoms with Gasteiger partial charge in [-0.2, -0.15) is 5.10 Å². The SMILES string of the molecule is Cc1ccc(N2C[C@H](C(=O)N/N=C/c3ccccc3Cl)CC2=O)cc1. The number of amides is 2. The minimum atomic E-state index is -0.419. The van der Waals surface area contributed by atoms with Gasteiger partial charge >= 0.3 is 0 Å². The second-order valence-corrected chi connectivity index (χ2v) is 6.40. The maximum atomic E-state index is 12.3. The summed E-state index contributed by atoms with van der Waals surface area (Å²) >= 11 is 6.03. The van der Waals surface area contributed by atoms with Gasteiger partial charge in [-0.05, 0) is 25.1 Å². The van der Waals surface area contributed by atoms with Crippen molar-refractivity contribution in [1.82, 2.24) is 5.43 Å². The van der Waals surface area contributed by atoms with E-state index in [1.807, 2.05) is 43.3 Å². The van der Waals surface area contributed by atoms with Crippen molar-refractivity contribution in [2.75, 3.05) is 11.4 Å². The maximum Gasteiger partial charge on any atom is 0.245 e. The number of carbonyl (C=O) groups is 2. The van der Waals surface area contributed by atoms with Gasteiger partial charge in [0.1, 0.15) is 0 Å². The first-order chi connectivity index (χ1) is 12.0. The number of hydrazone groups is 1. The zero-order valence-electron chi connectivity index (χ0n) is 13.8. The Kier molecular flexibility index (Phi) is 5.14.